The molecule has 1 unspecified atom stereocenters. The molecule has 0 saturated heterocycles. The van der Waals surface area contributed by atoms with Gasteiger partial charge in [0.2, 0.25) is 0 Å². The Kier molecular flexibility index (Phi) is 3.42. The number of benzene rings is 2. The number of hydrogen-bond donors (Lipinski definition) is 2. The lowest BCUT2D eigenvalue weighted by Gasteiger charge is -2.26. The van der Waals surface area contributed by atoms with Crippen molar-refractivity contribution in [2.45, 2.75) is 25.4 Å². The third-order valence-electron chi connectivity index (χ3n) is 3.76. The fourth-order valence-electron chi connectivity index (χ4n) is 2.71. The number of nitrogen functional groups attached to an aromatic ring is 1. The Morgan fingerprint density at radius 2 is 1.85 bits per heavy atom. The Morgan fingerprint density at radius 1 is 1.10 bits per heavy atom. The summed E-state index contributed by atoms with van der Waals surface area (Å²) in [4.78, 5) is 0. The molecule has 3 heteroatoms. The lowest BCUT2D eigenvalue weighted by Crippen LogP contribution is -2.15. The highest BCUT2D eigenvalue weighted by atomic mass is 16.5. The lowest BCUT2D eigenvalue weighted by atomic mass is 9.89. The third kappa shape index (κ3) is 2.52. The van der Waals surface area contributed by atoms with Gasteiger partial charge in [0, 0.05) is 5.56 Å². The van der Waals surface area contributed by atoms with Crippen molar-refractivity contribution in [1.29, 1.82) is 5.41 Å². The van der Waals surface area contributed by atoms with E-state index in [4.69, 9.17) is 15.9 Å². The molecular weight excluding hydrogens is 248 g/mol. The van der Waals surface area contributed by atoms with E-state index in [2.05, 4.69) is 24.3 Å². The van der Waals surface area contributed by atoms with Crippen LogP contribution in [0.1, 0.15) is 35.6 Å². The van der Waals surface area contributed by atoms with Gasteiger partial charge in [-0.1, -0.05) is 24.3 Å². The van der Waals surface area contributed by atoms with Crippen LogP contribution in [-0.4, -0.2) is 5.84 Å². The first-order valence-electron chi connectivity index (χ1n) is 6.93. The second-order valence-corrected chi connectivity index (χ2v) is 5.14. The van der Waals surface area contributed by atoms with Crippen LogP contribution in [0.25, 0.3) is 0 Å². The normalized spacial score (nSPS) is 17.3. The molecule has 1 atom stereocenters. The Labute approximate surface area is 118 Å². The maximum atomic E-state index is 7.39. The average Bonchev–Trinajstić information content (AvgIpc) is 2.48. The zero-order valence-corrected chi connectivity index (χ0v) is 11.3. The smallest absolute Gasteiger partial charge is 0.124 e. The van der Waals surface area contributed by atoms with E-state index >= 15 is 0 Å². The molecule has 1 aliphatic rings. The Bertz CT molecular complexity index is 619. The molecule has 0 aliphatic heterocycles. The molecule has 0 heterocycles. The van der Waals surface area contributed by atoms with Crippen molar-refractivity contribution in [3.05, 3.63) is 65.2 Å². The van der Waals surface area contributed by atoms with Gasteiger partial charge in [0.1, 0.15) is 17.7 Å². The number of nitrogens with two attached hydrogens (primary N) is 1. The van der Waals surface area contributed by atoms with E-state index in [1.165, 1.54) is 11.1 Å². The van der Waals surface area contributed by atoms with E-state index < -0.39 is 0 Å². The van der Waals surface area contributed by atoms with Gasteiger partial charge in [0.25, 0.3) is 0 Å². The summed E-state index contributed by atoms with van der Waals surface area (Å²) in [6.07, 6.45) is 3.47. The molecule has 0 fully saturated rings. The Morgan fingerprint density at radius 3 is 2.60 bits per heavy atom. The largest absolute Gasteiger partial charge is 0.486 e. The number of aryl methyl sites for hydroxylation is 1. The van der Waals surface area contributed by atoms with Gasteiger partial charge in [0.15, 0.2) is 0 Å². The molecule has 0 bridgehead atoms. The number of ether oxygens (including phenoxy) is 1. The number of nitrogens with one attached hydrogen (secondary N) is 1. The molecule has 0 saturated carbocycles. The van der Waals surface area contributed by atoms with Crippen LogP contribution in [0.15, 0.2) is 48.5 Å². The second kappa shape index (κ2) is 5.37. The molecule has 3 nitrogen and oxygen atoms in total. The highest BCUT2D eigenvalue weighted by Gasteiger charge is 2.21. The summed E-state index contributed by atoms with van der Waals surface area (Å²) in [5.41, 5.74) is 8.87. The molecule has 3 N–H and O–H groups in total. The number of hydrogen-bond acceptors (Lipinski definition) is 2. The number of rotatable bonds is 3. The van der Waals surface area contributed by atoms with E-state index in [0.717, 1.165) is 30.6 Å². The van der Waals surface area contributed by atoms with E-state index in [1.807, 2.05) is 24.3 Å². The predicted molar refractivity (Wildman–Crippen MR) is 80.2 cm³/mol. The summed E-state index contributed by atoms with van der Waals surface area (Å²) in [7, 11) is 0. The fourth-order valence-corrected chi connectivity index (χ4v) is 2.71. The number of amidine groups is 1. The number of fused-ring (bicyclic) bond motifs is 1. The van der Waals surface area contributed by atoms with Gasteiger partial charge in [-0.2, -0.15) is 0 Å². The first-order chi connectivity index (χ1) is 9.74. The summed E-state index contributed by atoms with van der Waals surface area (Å²) in [6.45, 7) is 0. The second-order valence-electron chi connectivity index (χ2n) is 5.14. The van der Waals surface area contributed by atoms with Crippen LogP contribution in [0.2, 0.25) is 0 Å². The van der Waals surface area contributed by atoms with Crippen LogP contribution in [0.4, 0.5) is 0 Å². The average molecular weight is 266 g/mol. The van der Waals surface area contributed by atoms with E-state index in [9.17, 15) is 0 Å². The summed E-state index contributed by atoms with van der Waals surface area (Å²) in [5.74, 6) is 0.913. The molecule has 0 radical (unpaired) electrons. The van der Waals surface area contributed by atoms with Crippen LogP contribution < -0.4 is 10.5 Å². The molecule has 0 amide bonds. The lowest BCUT2D eigenvalue weighted by molar-refractivity contribution is 0.183. The molecule has 2 aromatic rings. The Hall–Kier alpha value is -2.29. The quantitative estimate of drug-likeness (QED) is 0.660. The topological polar surface area (TPSA) is 59.1 Å². The molecule has 1 aliphatic carbocycles. The molecule has 0 aromatic heterocycles. The van der Waals surface area contributed by atoms with Crippen LogP contribution in [0.5, 0.6) is 5.75 Å². The summed E-state index contributed by atoms with van der Waals surface area (Å²) in [6, 6.07) is 15.9. The van der Waals surface area contributed by atoms with Crippen molar-refractivity contribution < 1.29 is 4.74 Å². The van der Waals surface area contributed by atoms with Gasteiger partial charge in [-0.05, 0) is 54.7 Å². The van der Waals surface area contributed by atoms with Crippen molar-refractivity contribution in [2.75, 3.05) is 0 Å². The first-order valence-corrected chi connectivity index (χ1v) is 6.93. The van der Waals surface area contributed by atoms with Gasteiger partial charge in [-0.3, -0.25) is 5.41 Å². The Balaban J connectivity index is 1.80. The van der Waals surface area contributed by atoms with Crippen LogP contribution in [0, 0.1) is 5.41 Å². The van der Waals surface area contributed by atoms with Crippen molar-refractivity contribution in [2.24, 2.45) is 5.73 Å². The summed E-state index contributed by atoms with van der Waals surface area (Å²) >= 11 is 0. The maximum absolute atomic E-state index is 7.39. The predicted octanol–water partition coefficient (Wildman–Crippen LogP) is 3.43. The molecule has 102 valence electrons. The minimum atomic E-state index is 0.0829. The summed E-state index contributed by atoms with van der Waals surface area (Å²) < 4.78 is 6.11. The van der Waals surface area contributed by atoms with Gasteiger partial charge < -0.3 is 10.5 Å². The maximum Gasteiger partial charge on any atom is 0.124 e. The van der Waals surface area contributed by atoms with Gasteiger partial charge >= 0.3 is 0 Å². The zero-order valence-electron chi connectivity index (χ0n) is 11.3. The SMILES string of the molecule is N=C(N)c1ccc(OC2CCCc3ccccc32)cc1. The van der Waals surface area contributed by atoms with E-state index in [-0.39, 0.29) is 11.9 Å². The summed E-state index contributed by atoms with van der Waals surface area (Å²) in [5, 5.41) is 7.39. The minimum Gasteiger partial charge on any atom is -0.486 e. The minimum absolute atomic E-state index is 0.0829. The van der Waals surface area contributed by atoms with Crippen LogP contribution in [0.3, 0.4) is 0 Å². The molecule has 0 spiro atoms. The molecule has 2 aromatic carbocycles. The van der Waals surface area contributed by atoms with Gasteiger partial charge in [-0.25, -0.2) is 0 Å². The molecule has 20 heavy (non-hydrogen) atoms. The standard InChI is InChI=1S/C17H18N2O/c18-17(19)13-8-10-14(11-9-13)20-16-7-3-5-12-4-1-2-6-15(12)16/h1-2,4,6,8-11,16H,3,5,7H2,(H3,18,19). The molecule has 3 rings (SSSR count). The van der Waals surface area contributed by atoms with Crippen molar-refractivity contribution >= 4 is 5.84 Å². The van der Waals surface area contributed by atoms with E-state index in [1.54, 1.807) is 0 Å². The zero-order chi connectivity index (χ0) is 13.9. The first kappa shape index (κ1) is 12.7. The molecular formula is C17H18N2O. The van der Waals surface area contributed by atoms with Gasteiger partial charge in [-0.15, -0.1) is 0 Å². The van der Waals surface area contributed by atoms with Gasteiger partial charge in [0.05, 0.1) is 0 Å². The fraction of sp³-hybridized carbons (Fsp3) is 0.235. The van der Waals surface area contributed by atoms with Crippen molar-refractivity contribution in [3.63, 3.8) is 0 Å². The third-order valence-corrected chi connectivity index (χ3v) is 3.76. The highest BCUT2D eigenvalue weighted by Crippen LogP contribution is 2.33. The van der Waals surface area contributed by atoms with Crippen LogP contribution in [-0.2, 0) is 6.42 Å². The van der Waals surface area contributed by atoms with Crippen molar-refractivity contribution in [3.8, 4) is 5.75 Å². The monoisotopic (exact) mass is 266 g/mol. The van der Waals surface area contributed by atoms with Crippen LogP contribution >= 0.6 is 0 Å². The van der Waals surface area contributed by atoms with E-state index in [0.29, 0.717) is 0 Å². The highest BCUT2D eigenvalue weighted by molar-refractivity contribution is 5.94. The van der Waals surface area contributed by atoms with Crippen molar-refractivity contribution in [1.82, 2.24) is 0 Å².